The van der Waals surface area contributed by atoms with Crippen molar-refractivity contribution in [3.05, 3.63) is 12.2 Å². The van der Waals surface area contributed by atoms with Crippen LogP contribution in [0.15, 0.2) is 12.2 Å². The van der Waals surface area contributed by atoms with Crippen molar-refractivity contribution in [3.8, 4) is 0 Å². The topological polar surface area (TPSA) is 78.9 Å². The number of thiol groups is 1. The average Bonchev–Trinajstić information content (AvgIpc) is 2.55. The van der Waals surface area contributed by atoms with E-state index in [4.69, 9.17) is 0 Å². The number of esters is 2. The summed E-state index contributed by atoms with van der Waals surface area (Å²) in [5.41, 5.74) is -0.553. The Kier molecular flexibility index (Phi) is 9.83. The number of ether oxygens (including phenoxy) is 3. The highest BCUT2D eigenvalue weighted by atomic mass is 32.1. The lowest BCUT2D eigenvalue weighted by Crippen LogP contribution is -2.58. The third kappa shape index (κ3) is 7.78. The number of carbonyl (C=O) groups excluding carboxylic acids is 3. The van der Waals surface area contributed by atoms with Crippen molar-refractivity contribution < 1.29 is 59.3 Å². The summed E-state index contributed by atoms with van der Waals surface area (Å²) in [6.45, 7) is 2.68. The number of unbranched alkanes of at least 4 members (excludes halogenated alkanes) is 1. The largest absolute Gasteiger partial charge is 0.468 e. The summed E-state index contributed by atoms with van der Waals surface area (Å²) < 4.78 is 105. The fourth-order valence-electron chi connectivity index (χ4n) is 1.68. The molecule has 0 radical (unpaired) electrons. The Labute approximate surface area is 172 Å². The highest BCUT2D eigenvalue weighted by Gasteiger charge is 2.68. The molecular formula is C16H19F7O6S. The molecule has 0 saturated carbocycles. The quantitative estimate of drug-likeness (QED) is 0.116. The van der Waals surface area contributed by atoms with Gasteiger partial charge in [-0.2, -0.15) is 30.7 Å². The molecule has 0 spiro atoms. The van der Waals surface area contributed by atoms with Crippen LogP contribution in [0.25, 0.3) is 0 Å². The molecule has 1 atom stereocenters. The Bertz CT molecular complexity index is 659. The third-order valence-electron chi connectivity index (χ3n) is 3.26. The van der Waals surface area contributed by atoms with Crippen LogP contribution in [0.1, 0.15) is 33.1 Å². The molecule has 0 fully saturated rings. The number of rotatable bonds is 12. The molecule has 0 aliphatic rings. The van der Waals surface area contributed by atoms with Gasteiger partial charge in [0.25, 0.3) is 0 Å². The van der Waals surface area contributed by atoms with Crippen LogP contribution >= 0.6 is 12.6 Å². The van der Waals surface area contributed by atoms with E-state index >= 15 is 0 Å². The molecule has 0 aromatic carbocycles. The van der Waals surface area contributed by atoms with E-state index in [1.807, 2.05) is 0 Å². The molecule has 0 aromatic rings. The van der Waals surface area contributed by atoms with Crippen molar-refractivity contribution in [2.45, 2.75) is 56.3 Å². The zero-order valence-electron chi connectivity index (χ0n) is 15.8. The highest BCUT2D eigenvalue weighted by molar-refractivity contribution is 7.81. The van der Waals surface area contributed by atoms with E-state index in [1.165, 1.54) is 0 Å². The maximum absolute atomic E-state index is 13.6. The Morgan fingerprint density at radius 3 is 1.90 bits per heavy atom. The number of alkyl halides is 7. The minimum absolute atomic E-state index is 0.553. The van der Waals surface area contributed by atoms with E-state index in [0.29, 0.717) is 0 Å². The molecule has 1 unspecified atom stereocenters. The maximum atomic E-state index is 13.6. The molecular weight excluding hydrogens is 453 g/mol. The monoisotopic (exact) mass is 472 g/mol. The number of ketones is 1. The van der Waals surface area contributed by atoms with Gasteiger partial charge in [0.2, 0.25) is 0 Å². The van der Waals surface area contributed by atoms with Crippen LogP contribution in [0.5, 0.6) is 0 Å². The van der Waals surface area contributed by atoms with Crippen molar-refractivity contribution in [1.29, 1.82) is 0 Å². The molecule has 0 bridgehead atoms. The summed E-state index contributed by atoms with van der Waals surface area (Å²) in [6, 6.07) is 0. The van der Waals surface area contributed by atoms with Crippen LogP contribution < -0.4 is 0 Å². The third-order valence-corrected chi connectivity index (χ3v) is 3.59. The second kappa shape index (κ2) is 10.5. The summed E-state index contributed by atoms with van der Waals surface area (Å²) in [7, 11) is 0. The van der Waals surface area contributed by atoms with E-state index in [2.05, 4.69) is 33.4 Å². The summed E-state index contributed by atoms with van der Waals surface area (Å²) in [4.78, 5) is 34.5. The summed E-state index contributed by atoms with van der Waals surface area (Å²) in [5, 5.41) is -4.66. The molecule has 0 aliphatic heterocycles. The molecule has 14 heteroatoms. The summed E-state index contributed by atoms with van der Waals surface area (Å²) in [5.74, 6) is -13.7. The Balaban J connectivity index is 5.46. The second-order valence-corrected chi connectivity index (χ2v) is 6.68. The van der Waals surface area contributed by atoms with Gasteiger partial charge in [-0.15, -0.1) is 0 Å². The standard InChI is InChI=1S/C16H19F7O6S/c1-9(2)11(25)29-14(15(19,20)21,12(26)27-8-10(3)24)28-7-5-4-6-13(17,18)16(22,23)30/h30H,1,4-8H2,2-3H3. The van der Waals surface area contributed by atoms with Crippen molar-refractivity contribution in [2.75, 3.05) is 13.2 Å². The van der Waals surface area contributed by atoms with E-state index < -0.39 is 78.9 Å². The minimum Gasteiger partial charge on any atom is -0.453 e. The molecule has 0 N–H and O–H groups in total. The maximum Gasteiger partial charge on any atom is 0.468 e. The number of hydrogen-bond donors (Lipinski definition) is 1. The normalized spacial score (nSPS) is 14.6. The zero-order valence-corrected chi connectivity index (χ0v) is 16.7. The SMILES string of the molecule is C=C(C)C(=O)OC(OCCCCC(F)(F)C(F)(F)S)(C(=O)OCC(C)=O)C(F)(F)F. The summed E-state index contributed by atoms with van der Waals surface area (Å²) in [6.07, 6.45) is -8.59. The Morgan fingerprint density at radius 2 is 1.50 bits per heavy atom. The van der Waals surface area contributed by atoms with Crippen molar-refractivity contribution >= 4 is 30.4 Å². The first-order valence-electron chi connectivity index (χ1n) is 8.11. The van der Waals surface area contributed by atoms with Gasteiger partial charge in [0.1, 0.15) is 6.61 Å². The van der Waals surface area contributed by atoms with Crippen LogP contribution in [0, 0.1) is 0 Å². The lowest BCUT2D eigenvalue weighted by Gasteiger charge is -2.32. The number of hydrogen-bond acceptors (Lipinski definition) is 7. The van der Waals surface area contributed by atoms with Crippen LogP contribution in [-0.2, 0) is 28.6 Å². The number of Topliss-reactive ketones (excluding diaryl/α,β-unsaturated/α-hetero) is 1. The molecule has 0 rings (SSSR count). The lowest BCUT2D eigenvalue weighted by molar-refractivity contribution is -0.354. The predicted molar refractivity (Wildman–Crippen MR) is 90.0 cm³/mol. The van der Waals surface area contributed by atoms with Crippen LogP contribution in [0.4, 0.5) is 30.7 Å². The predicted octanol–water partition coefficient (Wildman–Crippen LogP) is 3.84. The lowest BCUT2D eigenvalue weighted by atomic mass is 10.1. The fraction of sp³-hybridized carbons (Fsp3) is 0.688. The van der Waals surface area contributed by atoms with Crippen molar-refractivity contribution in [2.24, 2.45) is 0 Å². The van der Waals surface area contributed by atoms with Crippen LogP contribution in [0.3, 0.4) is 0 Å². The van der Waals surface area contributed by atoms with Gasteiger partial charge in [0, 0.05) is 12.0 Å². The Morgan fingerprint density at radius 1 is 0.967 bits per heavy atom. The van der Waals surface area contributed by atoms with Crippen LogP contribution in [-0.4, -0.2) is 54.1 Å². The van der Waals surface area contributed by atoms with E-state index in [1.54, 1.807) is 0 Å². The van der Waals surface area contributed by atoms with Gasteiger partial charge in [0.15, 0.2) is 5.78 Å². The van der Waals surface area contributed by atoms with Gasteiger partial charge < -0.3 is 14.2 Å². The van der Waals surface area contributed by atoms with Gasteiger partial charge in [-0.1, -0.05) is 19.2 Å². The zero-order chi connectivity index (χ0) is 24.0. The smallest absolute Gasteiger partial charge is 0.453 e. The molecule has 0 saturated heterocycles. The van der Waals surface area contributed by atoms with Gasteiger partial charge in [0.05, 0.1) is 6.61 Å². The molecule has 0 amide bonds. The van der Waals surface area contributed by atoms with Gasteiger partial charge in [-0.3, -0.25) is 4.79 Å². The molecule has 0 heterocycles. The first-order chi connectivity index (χ1) is 13.4. The van der Waals surface area contributed by atoms with E-state index in [-0.39, 0.29) is 0 Å². The fourth-order valence-corrected chi connectivity index (χ4v) is 1.79. The Hall–Kier alpha value is -1.83. The van der Waals surface area contributed by atoms with Crippen LogP contribution in [0.2, 0.25) is 0 Å². The second-order valence-electron chi connectivity index (χ2n) is 6.11. The molecule has 30 heavy (non-hydrogen) atoms. The summed E-state index contributed by atoms with van der Waals surface area (Å²) >= 11 is 2.45. The number of carbonyl (C=O) groups is 3. The number of halogens is 7. The first-order valence-corrected chi connectivity index (χ1v) is 8.56. The van der Waals surface area contributed by atoms with Crippen molar-refractivity contribution in [1.82, 2.24) is 0 Å². The van der Waals surface area contributed by atoms with E-state index in [0.717, 1.165) is 13.8 Å². The van der Waals surface area contributed by atoms with Gasteiger partial charge in [-0.25, -0.2) is 9.59 Å². The molecule has 174 valence electrons. The highest BCUT2D eigenvalue weighted by Crippen LogP contribution is 2.41. The first kappa shape index (κ1) is 28.2. The molecule has 6 nitrogen and oxygen atoms in total. The molecule has 0 aromatic heterocycles. The minimum atomic E-state index is -5.71. The van der Waals surface area contributed by atoms with Gasteiger partial charge in [-0.05, 0) is 26.7 Å². The van der Waals surface area contributed by atoms with E-state index in [9.17, 15) is 45.1 Å². The van der Waals surface area contributed by atoms with Gasteiger partial charge >= 0.3 is 35.1 Å². The molecule has 0 aliphatic carbocycles. The average molecular weight is 472 g/mol. The van der Waals surface area contributed by atoms with Crippen molar-refractivity contribution in [3.63, 3.8) is 0 Å².